The van der Waals surface area contributed by atoms with E-state index < -0.39 is 0 Å². The van der Waals surface area contributed by atoms with Gasteiger partial charge in [0.15, 0.2) is 0 Å². The summed E-state index contributed by atoms with van der Waals surface area (Å²) in [5.41, 5.74) is 3.13. The summed E-state index contributed by atoms with van der Waals surface area (Å²) in [4.78, 5) is 22.5. The molecule has 2 fully saturated rings. The van der Waals surface area contributed by atoms with Crippen LogP contribution in [0.15, 0.2) is 36.0 Å². The molecular weight excluding hydrogens is 384 g/mol. The average Bonchev–Trinajstić information content (AvgIpc) is 3.44. The van der Waals surface area contributed by atoms with E-state index >= 15 is 0 Å². The number of carbonyl (C=O) groups excluding carboxylic acids is 1. The molecule has 0 spiro atoms. The van der Waals surface area contributed by atoms with Crippen LogP contribution in [0.2, 0.25) is 0 Å². The summed E-state index contributed by atoms with van der Waals surface area (Å²) in [5, 5.41) is 1.82. The number of carbonyl (C=O) groups is 1. The number of hydrogen-bond acceptors (Lipinski definition) is 6. The molecular formula is C23H30N2O3S. The molecule has 2 aromatic rings. The Labute approximate surface area is 177 Å². The van der Waals surface area contributed by atoms with E-state index in [2.05, 4.69) is 29.2 Å². The lowest BCUT2D eigenvalue weighted by Crippen LogP contribution is -2.36. The molecule has 1 saturated carbocycles. The quantitative estimate of drug-likeness (QED) is 0.610. The van der Waals surface area contributed by atoms with E-state index in [0.717, 1.165) is 49.6 Å². The second-order valence-corrected chi connectivity index (χ2v) is 9.11. The molecule has 29 heavy (non-hydrogen) atoms. The van der Waals surface area contributed by atoms with Crippen LogP contribution in [0.3, 0.4) is 0 Å². The van der Waals surface area contributed by atoms with Gasteiger partial charge >= 0.3 is 5.97 Å². The van der Waals surface area contributed by atoms with E-state index in [-0.39, 0.29) is 5.97 Å². The number of ether oxygens (including phenoxy) is 1. The van der Waals surface area contributed by atoms with Crippen LogP contribution >= 0.6 is 11.3 Å². The predicted octanol–water partition coefficient (Wildman–Crippen LogP) is 4.98. The Balaban J connectivity index is 1.17. The van der Waals surface area contributed by atoms with Gasteiger partial charge in [-0.1, -0.05) is 31.0 Å². The first-order valence-corrected chi connectivity index (χ1v) is 11.7. The van der Waals surface area contributed by atoms with E-state index in [9.17, 15) is 4.79 Å². The molecule has 1 aliphatic heterocycles. The maximum absolute atomic E-state index is 12.0. The summed E-state index contributed by atoms with van der Waals surface area (Å²) in [6.07, 6.45) is 10.4. The fraction of sp³-hybridized carbons (Fsp3) is 0.565. The van der Waals surface area contributed by atoms with Crippen molar-refractivity contribution in [2.75, 3.05) is 19.7 Å². The van der Waals surface area contributed by atoms with Crippen LogP contribution in [-0.2, 0) is 16.1 Å². The third-order valence-corrected chi connectivity index (χ3v) is 6.88. The molecule has 0 unspecified atom stereocenters. The molecule has 1 aliphatic carbocycles. The number of nitrogens with zero attached hydrogens (tertiary/aromatic N) is 2. The highest BCUT2D eigenvalue weighted by Crippen LogP contribution is 2.38. The van der Waals surface area contributed by atoms with Crippen molar-refractivity contribution in [3.05, 3.63) is 46.4 Å². The largest absolute Gasteiger partial charge is 0.493 e. The highest BCUT2D eigenvalue weighted by molar-refractivity contribution is 7.09. The van der Waals surface area contributed by atoms with Gasteiger partial charge in [-0.2, -0.15) is 0 Å². The van der Waals surface area contributed by atoms with Crippen molar-refractivity contribution < 1.29 is 14.4 Å². The van der Waals surface area contributed by atoms with Gasteiger partial charge in [0.05, 0.1) is 18.5 Å². The van der Waals surface area contributed by atoms with Crippen molar-refractivity contribution in [1.82, 2.24) is 10.0 Å². The molecule has 6 heteroatoms. The van der Waals surface area contributed by atoms with Crippen LogP contribution in [-0.4, -0.2) is 35.7 Å². The van der Waals surface area contributed by atoms with E-state index in [0.29, 0.717) is 18.3 Å². The molecule has 0 bridgehead atoms. The van der Waals surface area contributed by atoms with E-state index in [4.69, 9.17) is 9.57 Å². The molecule has 0 amide bonds. The van der Waals surface area contributed by atoms with Crippen molar-refractivity contribution in [3.63, 3.8) is 0 Å². The first kappa shape index (κ1) is 20.4. The highest BCUT2D eigenvalue weighted by Gasteiger charge is 2.23. The Hall–Kier alpha value is -1.92. The van der Waals surface area contributed by atoms with E-state index in [1.54, 1.807) is 11.7 Å². The summed E-state index contributed by atoms with van der Waals surface area (Å²) < 4.78 is 6.20. The fourth-order valence-corrected chi connectivity index (χ4v) is 5.04. The number of rotatable bonds is 8. The zero-order chi connectivity index (χ0) is 19.9. The Bertz CT molecular complexity index is 766. The Kier molecular flexibility index (Phi) is 7.17. The van der Waals surface area contributed by atoms with E-state index in [1.165, 1.54) is 42.6 Å². The lowest BCUT2D eigenvalue weighted by molar-refractivity contribution is -0.195. The molecule has 156 valence electrons. The molecule has 1 aromatic heterocycles. The molecule has 1 saturated heterocycles. The van der Waals surface area contributed by atoms with Crippen LogP contribution in [0.1, 0.15) is 61.3 Å². The van der Waals surface area contributed by atoms with Gasteiger partial charge < -0.3 is 9.57 Å². The number of benzene rings is 1. The Morgan fingerprint density at radius 2 is 1.93 bits per heavy atom. The van der Waals surface area contributed by atoms with Gasteiger partial charge in [0.25, 0.3) is 0 Å². The normalized spacial score (nSPS) is 18.8. The smallest absolute Gasteiger partial charge is 0.330 e. The van der Waals surface area contributed by atoms with Gasteiger partial charge in [0, 0.05) is 24.2 Å². The zero-order valence-corrected chi connectivity index (χ0v) is 17.7. The summed E-state index contributed by atoms with van der Waals surface area (Å²) in [6, 6.07) is 8.57. The molecule has 1 aromatic carbocycles. The predicted molar refractivity (Wildman–Crippen MR) is 114 cm³/mol. The second kappa shape index (κ2) is 10.2. The minimum absolute atomic E-state index is 0.195. The molecule has 4 rings (SSSR count). The van der Waals surface area contributed by atoms with Gasteiger partial charge in [0.1, 0.15) is 5.75 Å². The summed E-state index contributed by atoms with van der Waals surface area (Å²) in [6.45, 7) is 2.37. The molecule has 2 aliphatic rings. The lowest BCUT2D eigenvalue weighted by Gasteiger charge is -2.30. The maximum Gasteiger partial charge on any atom is 0.330 e. The number of piperidine rings is 1. The number of hydrogen-bond donors (Lipinski definition) is 0. The molecule has 0 atom stereocenters. The van der Waals surface area contributed by atoms with Crippen LogP contribution in [0.4, 0.5) is 0 Å². The molecule has 5 nitrogen and oxygen atoms in total. The van der Waals surface area contributed by atoms with Gasteiger partial charge in [-0.05, 0) is 55.6 Å². The van der Waals surface area contributed by atoms with Gasteiger partial charge in [0.2, 0.25) is 0 Å². The van der Waals surface area contributed by atoms with Gasteiger partial charge in [-0.15, -0.1) is 16.4 Å². The Morgan fingerprint density at radius 1 is 1.14 bits per heavy atom. The summed E-state index contributed by atoms with van der Waals surface area (Å²) >= 11 is 1.49. The summed E-state index contributed by atoms with van der Waals surface area (Å²) in [7, 11) is 0. The van der Waals surface area contributed by atoms with Crippen molar-refractivity contribution in [2.24, 2.45) is 5.92 Å². The number of thiazole rings is 1. The van der Waals surface area contributed by atoms with Crippen molar-refractivity contribution >= 4 is 17.3 Å². The van der Waals surface area contributed by atoms with Gasteiger partial charge in [-0.3, -0.25) is 4.98 Å². The SMILES string of the molecule is O=C(Cc1cncs1)ON1CCC(CCOc2ccccc2C2CCCC2)CC1. The number of hydroxylamine groups is 2. The van der Waals surface area contributed by atoms with Crippen LogP contribution in [0, 0.1) is 5.92 Å². The van der Waals surface area contributed by atoms with Gasteiger partial charge in [-0.25, -0.2) is 4.79 Å². The van der Waals surface area contributed by atoms with Crippen molar-refractivity contribution in [2.45, 2.75) is 57.3 Å². The minimum Gasteiger partial charge on any atom is -0.493 e. The second-order valence-electron chi connectivity index (χ2n) is 8.14. The summed E-state index contributed by atoms with van der Waals surface area (Å²) in [5.74, 6) is 2.19. The monoisotopic (exact) mass is 414 g/mol. The standard InChI is InChI=1S/C23H30N2O3S/c26-23(15-20-16-24-17-29-20)28-25-12-9-18(10-13-25)11-14-27-22-8-4-3-7-21(22)19-5-1-2-6-19/h3-4,7-8,16-19H,1-2,5-6,9-15H2. The first-order valence-electron chi connectivity index (χ1n) is 10.8. The van der Waals surface area contributed by atoms with Crippen molar-refractivity contribution in [3.8, 4) is 5.75 Å². The van der Waals surface area contributed by atoms with Crippen LogP contribution in [0.5, 0.6) is 5.75 Å². The molecule has 2 heterocycles. The van der Waals surface area contributed by atoms with E-state index in [1.807, 2.05) is 5.06 Å². The fourth-order valence-electron chi connectivity index (χ4n) is 4.46. The third-order valence-electron chi connectivity index (χ3n) is 6.10. The maximum atomic E-state index is 12.0. The zero-order valence-electron chi connectivity index (χ0n) is 16.9. The average molecular weight is 415 g/mol. The first-order chi connectivity index (χ1) is 14.3. The number of aromatic nitrogens is 1. The minimum atomic E-state index is -0.195. The lowest BCUT2D eigenvalue weighted by atomic mass is 9.94. The third kappa shape index (κ3) is 5.80. The van der Waals surface area contributed by atoms with Crippen LogP contribution in [0.25, 0.3) is 0 Å². The Morgan fingerprint density at radius 3 is 2.69 bits per heavy atom. The molecule has 0 radical (unpaired) electrons. The van der Waals surface area contributed by atoms with Crippen LogP contribution < -0.4 is 4.74 Å². The van der Waals surface area contributed by atoms with Crippen molar-refractivity contribution in [1.29, 1.82) is 0 Å². The highest BCUT2D eigenvalue weighted by atomic mass is 32.1. The number of para-hydroxylation sites is 1. The molecule has 0 N–H and O–H groups in total. The topological polar surface area (TPSA) is 51.7 Å².